The summed E-state index contributed by atoms with van der Waals surface area (Å²) in [5.41, 5.74) is 0.329. The maximum atomic E-state index is 11.0. The minimum Gasteiger partial charge on any atom is -0.393 e. The highest BCUT2D eigenvalue weighted by atomic mass is 16.3. The van der Waals surface area contributed by atoms with Crippen molar-refractivity contribution in [2.45, 2.75) is 77.9 Å². The van der Waals surface area contributed by atoms with Gasteiger partial charge in [-0.25, -0.2) is 0 Å². The van der Waals surface area contributed by atoms with E-state index >= 15 is 0 Å². The van der Waals surface area contributed by atoms with Crippen LogP contribution in [0.4, 0.5) is 0 Å². The van der Waals surface area contributed by atoms with Gasteiger partial charge in [-0.3, -0.25) is 0 Å². The molecule has 0 spiro atoms. The minimum absolute atomic E-state index is 0.102. The summed E-state index contributed by atoms with van der Waals surface area (Å²) >= 11 is 0. The molecule has 0 unspecified atom stereocenters. The summed E-state index contributed by atoms with van der Waals surface area (Å²) in [6.45, 7) is 16.7. The van der Waals surface area contributed by atoms with Crippen molar-refractivity contribution in [3.8, 4) is 0 Å². The number of aliphatic hydroxyl groups excluding tert-OH is 1. The van der Waals surface area contributed by atoms with Gasteiger partial charge in [0.25, 0.3) is 0 Å². The molecule has 0 aromatic carbocycles. The molecule has 2 rings (SSSR count). The Labute approximate surface area is 136 Å². The fourth-order valence-electron chi connectivity index (χ4n) is 5.58. The van der Waals surface area contributed by atoms with Crippen molar-refractivity contribution >= 4 is 0 Å². The Bertz CT molecular complexity index is 449. The monoisotopic (exact) mass is 306 g/mol. The minimum atomic E-state index is -0.707. The van der Waals surface area contributed by atoms with E-state index in [1.165, 1.54) is 0 Å². The lowest BCUT2D eigenvalue weighted by Gasteiger charge is -2.63. The van der Waals surface area contributed by atoms with Gasteiger partial charge in [0.1, 0.15) is 0 Å². The van der Waals surface area contributed by atoms with Gasteiger partial charge >= 0.3 is 0 Å². The van der Waals surface area contributed by atoms with Gasteiger partial charge in [0.15, 0.2) is 0 Å². The topological polar surface area (TPSA) is 40.5 Å². The lowest BCUT2D eigenvalue weighted by Crippen LogP contribution is -2.62. The quantitative estimate of drug-likeness (QED) is 0.752. The van der Waals surface area contributed by atoms with Crippen LogP contribution in [-0.2, 0) is 0 Å². The average molecular weight is 306 g/mol. The molecule has 2 fully saturated rings. The van der Waals surface area contributed by atoms with E-state index < -0.39 is 5.60 Å². The molecule has 0 aromatic rings. The van der Waals surface area contributed by atoms with Crippen LogP contribution < -0.4 is 0 Å². The molecule has 0 bridgehead atoms. The van der Waals surface area contributed by atoms with Gasteiger partial charge in [-0.15, -0.1) is 0 Å². The number of fused-ring (bicyclic) bond motifs is 1. The first kappa shape index (κ1) is 17.7. The molecule has 22 heavy (non-hydrogen) atoms. The van der Waals surface area contributed by atoms with Crippen molar-refractivity contribution in [2.75, 3.05) is 0 Å². The molecule has 0 saturated heterocycles. The van der Waals surface area contributed by atoms with Gasteiger partial charge in [0.2, 0.25) is 0 Å². The van der Waals surface area contributed by atoms with Crippen molar-refractivity contribution in [1.29, 1.82) is 0 Å². The van der Waals surface area contributed by atoms with E-state index in [0.717, 1.165) is 44.1 Å². The van der Waals surface area contributed by atoms with Crippen molar-refractivity contribution < 1.29 is 10.2 Å². The number of allylic oxidation sites excluding steroid dienone is 2. The van der Waals surface area contributed by atoms with E-state index in [2.05, 4.69) is 33.9 Å². The van der Waals surface area contributed by atoms with Gasteiger partial charge in [0, 0.05) is 5.41 Å². The van der Waals surface area contributed by atoms with E-state index in [-0.39, 0.29) is 22.9 Å². The van der Waals surface area contributed by atoms with Crippen molar-refractivity contribution in [3.63, 3.8) is 0 Å². The van der Waals surface area contributed by atoms with Crippen LogP contribution in [0.1, 0.15) is 66.2 Å². The van der Waals surface area contributed by atoms with E-state index in [0.29, 0.717) is 5.92 Å². The second kappa shape index (κ2) is 5.79. The number of aliphatic hydroxyl groups is 2. The highest BCUT2D eigenvalue weighted by Gasteiger charge is 2.61. The summed E-state index contributed by atoms with van der Waals surface area (Å²) in [6, 6.07) is 0. The molecule has 2 heteroatoms. The summed E-state index contributed by atoms with van der Waals surface area (Å²) in [5, 5.41) is 21.9. The highest BCUT2D eigenvalue weighted by molar-refractivity contribution is 5.14. The van der Waals surface area contributed by atoms with E-state index in [4.69, 9.17) is 0 Å². The third-order valence-electron chi connectivity index (χ3n) is 6.96. The van der Waals surface area contributed by atoms with Gasteiger partial charge in [-0.05, 0) is 62.7 Å². The van der Waals surface area contributed by atoms with Gasteiger partial charge in [-0.1, -0.05) is 45.6 Å². The predicted octanol–water partition coefficient (Wildman–Crippen LogP) is 4.47. The molecule has 2 saturated carbocycles. The second-order valence-electron chi connectivity index (χ2n) is 8.81. The van der Waals surface area contributed by atoms with Crippen molar-refractivity contribution in [3.05, 3.63) is 24.8 Å². The molecule has 0 amide bonds. The Morgan fingerprint density at radius 1 is 1.18 bits per heavy atom. The maximum Gasteiger partial charge on any atom is 0.0654 e. The molecule has 5 atom stereocenters. The van der Waals surface area contributed by atoms with Crippen LogP contribution in [-0.4, -0.2) is 21.9 Å². The summed E-state index contributed by atoms with van der Waals surface area (Å²) in [4.78, 5) is 0. The third kappa shape index (κ3) is 2.80. The molecule has 2 aliphatic carbocycles. The molecular formula is C20H34O2. The van der Waals surface area contributed by atoms with E-state index in [1.54, 1.807) is 6.08 Å². The summed E-state index contributed by atoms with van der Waals surface area (Å²) in [6.07, 6.45) is 6.95. The van der Waals surface area contributed by atoms with E-state index in [9.17, 15) is 10.2 Å². The van der Waals surface area contributed by atoms with Crippen LogP contribution in [0.5, 0.6) is 0 Å². The fourth-order valence-corrected chi connectivity index (χ4v) is 5.58. The molecule has 2 nitrogen and oxygen atoms in total. The van der Waals surface area contributed by atoms with Gasteiger partial charge < -0.3 is 10.2 Å². The predicted molar refractivity (Wildman–Crippen MR) is 92.5 cm³/mol. The second-order valence-corrected chi connectivity index (χ2v) is 8.81. The van der Waals surface area contributed by atoms with Crippen molar-refractivity contribution in [1.82, 2.24) is 0 Å². The fraction of sp³-hybridized carbons (Fsp3) is 0.800. The number of hydrogen-bond donors (Lipinski definition) is 2. The maximum absolute atomic E-state index is 11.0. The molecule has 0 aromatic heterocycles. The zero-order valence-electron chi connectivity index (χ0n) is 14.9. The smallest absolute Gasteiger partial charge is 0.0654 e. The largest absolute Gasteiger partial charge is 0.393 e. The Kier molecular flexibility index (Phi) is 4.68. The highest BCUT2D eigenvalue weighted by Crippen LogP contribution is 2.62. The van der Waals surface area contributed by atoms with Gasteiger partial charge in [0.05, 0.1) is 11.7 Å². The van der Waals surface area contributed by atoms with Crippen LogP contribution in [0.2, 0.25) is 0 Å². The molecule has 0 radical (unpaired) electrons. The molecule has 0 aliphatic heterocycles. The van der Waals surface area contributed by atoms with Crippen LogP contribution in [0.25, 0.3) is 0 Å². The molecule has 0 heterocycles. The Hall–Kier alpha value is -0.600. The first-order valence-electron chi connectivity index (χ1n) is 8.76. The SMILES string of the molecule is C=CC(=C)CC[C@H]1[C@]2(C)[C@H](O)CCC(C)(C)[C@@H]2CC[C@@]1(C)O. The first-order chi connectivity index (χ1) is 10.1. The Morgan fingerprint density at radius 2 is 1.82 bits per heavy atom. The van der Waals surface area contributed by atoms with Crippen molar-refractivity contribution in [2.24, 2.45) is 22.7 Å². The lowest BCUT2D eigenvalue weighted by molar-refractivity contribution is -0.213. The van der Waals surface area contributed by atoms with E-state index in [1.807, 2.05) is 6.92 Å². The first-order valence-corrected chi connectivity index (χ1v) is 8.76. The molecule has 126 valence electrons. The Morgan fingerprint density at radius 3 is 2.41 bits per heavy atom. The van der Waals surface area contributed by atoms with Crippen LogP contribution in [0, 0.1) is 22.7 Å². The zero-order valence-corrected chi connectivity index (χ0v) is 14.9. The summed E-state index contributed by atoms with van der Waals surface area (Å²) in [7, 11) is 0. The lowest BCUT2D eigenvalue weighted by atomic mass is 9.44. The molecule has 2 N–H and O–H groups in total. The zero-order chi connectivity index (χ0) is 16.8. The van der Waals surface area contributed by atoms with Crippen LogP contribution >= 0.6 is 0 Å². The van der Waals surface area contributed by atoms with Crippen LogP contribution in [0.3, 0.4) is 0 Å². The standard InChI is InChI=1S/C20H34O2/c1-7-14(2)8-9-16-19(5,22)13-10-15-18(3,4)12-11-17(21)20(15,16)6/h7,15-17,21-22H,1-2,8-13H2,3-6H3/t15-,16+,17+,19+,20+/m0/s1. The summed E-state index contributed by atoms with van der Waals surface area (Å²) < 4.78 is 0. The van der Waals surface area contributed by atoms with Crippen LogP contribution in [0.15, 0.2) is 24.8 Å². The average Bonchev–Trinajstić information content (AvgIpc) is 2.41. The Balaban J connectivity index is 2.36. The molecular weight excluding hydrogens is 272 g/mol. The van der Waals surface area contributed by atoms with Gasteiger partial charge in [-0.2, -0.15) is 0 Å². The summed E-state index contributed by atoms with van der Waals surface area (Å²) in [5.74, 6) is 0.566. The number of hydrogen-bond acceptors (Lipinski definition) is 2. The molecule has 2 aliphatic rings. The number of rotatable bonds is 4. The normalized spacial score (nSPS) is 44.2. The third-order valence-corrected chi connectivity index (χ3v) is 6.96.